The highest BCUT2D eigenvalue weighted by molar-refractivity contribution is 7.86. The van der Waals surface area contributed by atoms with Crippen molar-refractivity contribution in [3.8, 4) is 0 Å². The fourth-order valence-corrected chi connectivity index (χ4v) is 3.90. The average Bonchev–Trinajstić information content (AvgIpc) is 2.35. The first-order chi connectivity index (χ1) is 8.50. The fraction of sp³-hybridized carbons (Fsp3) is 0.571. The van der Waals surface area contributed by atoms with E-state index in [4.69, 9.17) is 4.18 Å². The molecule has 100 valence electrons. The number of hydrogen-bond acceptors (Lipinski definition) is 3. The standard InChI is InChI=1S/C14H20O3S/c1-11-7-6-8-12(2)14(11)17-18(15,16)13-9-4-3-5-10-13/h3-5,9-12,14H,6-8H2,1-2H3. The van der Waals surface area contributed by atoms with Crippen LogP contribution in [0.3, 0.4) is 0 Å². The highest BCUT2D eigenvalue weighted by Gasteiger charge is 2.33. The Morgan fingerprint density at radius 2 is 1.61 bits per heavy atom. The predicted octanol–water partition coefficient (Wildman–Crippen LogP) is 3.22. The van der Waals surface area contributed by atoms with E-state index in [0.29, 0.717) is 11.8 Å². The van der Waals surface area contributed by atoms with E-state index in [9.17, 15) is 8.42 Å². The van der Waals surface area contributed by atoms with Crippen molar-refractivity contribution in [2.24, 2.45) is 11.8 Å². The van der Waals surface area contributed by atoms with Crippen molar-refractivity contribution in [3.05, 3.63) is 30.3 Å². The Morgan fingerprint density at radius 1 is 1.06 bits per heavy atom. The van der Waals surface area contributed by atoms with Crippen LogP contribution in [-0.2, 0) is 14.3 Å². The largest absolute Gasteiger partial charge is 0.297 e. The minimum Gasteiger partial charge on any atom is -0.262 e. The molecular weight excluding hydrogens is 248 g/mol. The molecule has 18 heavy (non-hydrogen) atoms. The summed E-state index contributed by atoms with van der Waals surface area (Å²) in [5.74, 6) is 0.597. The van der Waals surface area contributed by atoms with E-state index in [1.54, 1.807) is 30.3 Å². The zero-order valence-electron chi connectivity index (χ0n) is 10.9. The zero-order chi connectivity index (χ0) is 13.2. The molecule has 0 bridgehead atoms. The molecule has 0 saturated heterocycles. The molecule has 1 aliphatic carbocycles. The zero-order valence-corrected chi connectivity index (χ0v) is 11.7. The van der Waals surface area contributed by atoms with Crippen molar-refractivity contribution in [1.82, 2.24) is 0 Å². The van der Waals surface area contributed by atoms with Crippen LogP contribution in [0.1, 0.15) is 33.1 Å². The second kappa shape index (κ2) is 5.41. The Balaban J connectivity index is 2.17. The number of hydrogen-bond donors (Lipinski definition) is 0. The summed E-state index contributed by atoms with van der Waals surface area (Å²) < 4.78 is 29.8. The summed E-state index contributed by atoms with van der Waals surface area (Å²) in [6, 6.07) is 8.37. The van der Waals surface area contributed by atoms with Crippen molar-refractivity contribution in [1.29, 1.82) is 0 Å². The lowest BCUT2D eigenvalue weighted by Crippen LogP contribution is -2.34. The van der Waals surface area contributed by atoms with Gasteiger partial charge in [-0.25, -0.2) is 0 Å². The smallest absolute Gasteiger partial charge is 0.262 e. The van der Waals surface area contributed by atoms with E-state index >= 15 is 0 Å². The first-order valence-electron chi connectivity index (χ1n) is 6.49. The molecule has 1 aromatic rings. The van der Waals surface area contributed by atoms with Crippen LogP contribution in [0.5, 0.6) is 0 Å². The molecular formula is C14H20O3S. The molecule has 2 unspecified atom stereocenters. The van der Waals surface area contributed by atoms with Crippen LogP contribution in [0.4, 0.5) is 0 Å². The second-order valence-electron chi connectivity index (χ2n) is 5.21. The van der Waals surface area contributed by atoms with Gasteiger partial charge < -0.3 is 0 Å². The topological polar surface area (TPSA) is 43.4 Å². The van der Waals surface area contributed by atoms with E-state index in [0.717, 1.165) is 19.3 Å². The molecule has 4 heteroatoms. The van der Waals surface area contributed by atoms with E-state index in [1.165, 1.54) is 0 Å². The van der Waals surface area contributed by atoms with Gasteiger partial charge in [0.05, 0.1) is 11.0 Å². The summed E-state index contributed by atoms with van der Waals surface area (Å²) in [7, 11) is -3.63. The van der Waals surface area contributed by atoms with Gasteiger partial charge in [-0.2, -0.15) is 8.42 Å². The summed E-state index contributed by atoms with van der Waals surface area (Å²) in [4.78, 5) is 0.245. The molecule has 0 aromatic heterocycles. The lowest BCUT2D eigenvalue weighted by atomic mass is 9.81. The summed E-state index contributed by atoms with van der Waals surface area (Å²) in [5, 5.41) is 0. The summed E-state index contributed by atoms with van der Waals surface area (Å²) >= 11 is 0. The van der Waals surface area contributed by atoms with Gasteiger partial charge in [0.1, 0.15) is 0 Å². The van der Waals surface area contributed by atoms with E-state index < -0.39 is 10.1 Å². The van der Waals surface area contributed by atoms with Gasteiger partial charge in [0, 0.05) is 0 Å². The van der Waals surface area contributed by atoms with Gasteiger partial charge in [-0.05, 0) is 36.8 Å². The van der Waals surface area contributed by atoms with Crippen LogP contribution >= 0.6 is 0 Å². The average molecular weight is 268 g/mol. The SMILES string of the molecule is CC1CCCC(C)C1OS(=O)(=O)c1ccccc1. The van der Waals surface area contributed by atoms with Crippen molar-refractivity contribution >= 4 is 10.1 Å². The molecule has 0 spiro atoms. The van der Waals surface area contributed by atoms with Crippen LogP contribution in [0, 0.1) is 11.8 Å². The summed E-state index contributed by atoms with van der Waals surface area (Å²) in [5.41, 5.74) is 0. The molecule has 0 heterocycles. The minimum atomic E-state index is -3.63. The maximum atomic E-state index is 12.2. The van der Waals surface area contributed by atoms with Crippen molar-refractivity contribution in [3.63, 3.8) is 0 Å². The maximum Gasteiger partial charge on any atom is 0.297 e. The van der Waals surface area contributed by atoms with Crippen molar-refractivity contribution < 1.29 is 12.6 Å². The Morgan fingerprint density at radius 3 is 2.17 bits per heavy atom. The second-order valence-corrected chi connectivity index (χ2v) is 6.79. The van der Waals surface area contributed by atoms with Crippen LogP contribution in [0.15, 0.2) is 35.2 Å². The lowest BCUT2D eigenvalue weighted by Gasteiger charge is -2.33. The van der Waals surface area contributed by atoms with Crippen LogP contribution in [-0.4, -0.2) is 14.5 Å². The van der Waals surface area contributed by atoms with E-state index in [-0.39, 0.29) is 11.0 Å². The Bertz CT molecular complexity index is 471. The molecule has 0 amide bonds. The van der Waals surface area contributed by atoms with Gasteiger partial charge in [0.25, 0.3) is 10.1 Å². The van der Waals surface area contributed by atoms with Gasteiger partial charge in [0.2, 0.25) is 0 Å². The predicted molar refractivity (Wildman–Crippen MR) is 70.7 cm³/mol. The highest BCUT2D eigenvalue weighted by Crippen LogP contribution is 2.33. The van der Waals surface area contributed by atoms with Crippen LogP contribution in [0.2, 0.25) is 0 Å². The van der Waals surface area contributed by atoms with Gasteiger partial charge in [-0.1, -0.05) is 38.5 Å². The van der Waals surface area contributed by atoms with Crippen molar-refractivity contribution in [2.75, 3.05) is 0 Å². The third-order valence-corrected chi connectivity index (χ3v) is 5.04. The maximum absolute atomic E-state index is 12.2. The molecule has 2 atom stereocenters. The third kappa shape index (κ3) is 2.93. The van der Waals surface area contributed by atoms with Gasteiger partial charge >= 0.3 is 0 Å². The molecule has 1 aromatic carbocycles. The molecule has 2 rings (SSSR count). The molecule has 0 N–H and O–H groups in total. The molecule has 1 saturated carbocycles. The molecule has 3 nitrogen and oxygen atoms in total. The fourth-order valence-electron chi connectivity index (χ4n) is 2.63. The quantitative estimate of drug-likeness (QED) is 0.791. The summed E-state index contributed by atoms with van der Waals surface area (Å²) in [6.45, 7) is 4.14. The monoisotopic (exact) mass is 268 g/mol. The van der Waals surface area contributed by atoms with Crippen molar-refractivity contribution in [2.45, 2.75) is 44.1 Å². The third-order valence-electron chi connectivity index (χ3n) is 3.71. The number of benzene rings is 1. The van der Waals surface area contributed by atoms with E-state index in [1.807, 2.05) is 0 Å². The Hall–Kier alpha value is -0.870. The Kier molecular flexibility index (Phi) is 4.07. The molecule has 1 aliphatic rings. The van der Waals surface area contributed by atoms with Gasteiger partial charge in [0.15, 0.2) is 0 Å². The molecule has 1 fully saturated rings. The minimum absolute atomic E-state index is 0.191. The normalized spacial score (nSPS) is 29.1. The number of rotatable bonds is 3. The first kappa shape index (κ1) is 13.6. The van der Waals surface area contributed by atoms with Gasteiger partial charge in [-0.3, -0.25) is 4.18 Å². The summed E-state index contributed by atoms with van der Waals surface area (Å²) in [6.07, 6.45) is 3.05. The highest BCUT2D eigenvalue weighted by atomic mass is 32.2. The Labute approximate surface area is 109 Å². The van der Waals surface area contributed by atoms with Crippen LogP contribution < -0.4 is 0 Å². The molecule has 0 aliphatic heterocycles. The van der Waals surface area contributed by atoms with Gasteiger partial charge in [-0.15, -0.1) is 0 Å². The first-order valence-corrected chi connectivity index (χ1v) is 7.90. The van der Waals surface area contributed by atoms with Crippen LogP contribution in [0.25, 0.3) is 0 Å². The molecule has 0 radical (unpaired) electrons. The lowest BCUT2D eigenvalue weighted by molar-refractivity contribution is 0.0610. The van der Waals surface area contributed by atoms with E-state index in [2.05, 4.69) is 13.8 Å².